The fourth-order valence-corrected chi connectivity index (χ4v) is 4.70. The Morgan fingerprint density at radius 2 is 2.04 bits per heavy atom. The Labute approximate surface area is 148 Å². The van der Waals surface area contributed by atoms with E-state index in [-0.39, 0.29) is 17.9 Å². The summed E-state index contributed by atoms with van der Waals surface area (Å²) in [5, 5.41) is 18.6. The molecule has 1 saturated carbocycles. The van der Waals surface area contributed by atoms with Crippen molar-refractivity contribution in [3.8, 4) is 0 Å². The maximum Gasteiger partial charge on any atom is 0.274 e. The zero-order valence-corrected chi connectivity index (χ0v) is 14.6. The van der Waals surface area contributed by atoms with Crippen LogP contribution in [-0.2, 0) is 5.60 Å². The lowest BCUT2D eigenvalue weighted by molar-refractivity contribution is -0.110. The number of piperidine rings is 1. The number of amides is 1. The highest BCUT2D eigenvalue weighted by Crippen LogP contribution is 2.47. The molecule has 2 aromatic rings. The third-order valence-corrected chi connectivity index (χ3v) is 5.94. The average molecular weight is 339 g/mol. The van der Waals surface area contributed by atoms with E-state index in [1.165, 1.54) is 0 Å². The number of fused-ring (bicyclic) bond motifs is 1. The van der Waals surface area contributed by atoms with Gasteiger partial charge in [-0.2, -0.15) is 5.10 Å². The predicted octanol–water partition coefficient (Wildman–Crippen LogP) is 3.01. The summed E-state index contributed by atoms with van der Waals surface area (Å²) in [6.07, 6.45) is 4.71. The van der Waals surface area contributed by atoms with Crippen LogP contribution in [0, 0.1) is 12.8 Å². The van der Waals surface area contributed by atoms with Gasteiger partial charge >= 0.3 is 0 Å². The average Bonchev–Trinajstić information content (AvgIpc) is 3.09. The van der Waals surface area contributed by atoms with E-state index in [1.54, 1.807) is 6.07 Å². The molecule has 0 spiro atoms. The molecule has 3 atom stereocenters. The summed E-state index contributed by atoms with van der Waals surface area (Å²) in [4.78, 5) is 14.9. The Balaban J connectivity index is 1.65. The monoisotopic (exact) mass is 339 g/mol. The van der Waals surface area contributed by atoms with Crippen molar-refractivity contribution < 1.29 is 9.90 Å². The van der Waals surface area contributed by atoms with Crippen LogP contribution in [0.25, 0.3) is 0 Å². The van der Waals surface area contributed by atoms with Crippen molar-refractivity contribution >= 4 is 5.91 Å². The summed E-state index contributed by atoms with van der Waals surface area (Å²) >= 11 is 0. The van der Waals surface area contributed by atoms with Gasteiger partial charge in [-0.25, -0.2) is 0 Å². The number of carbonyl (C=O) groups is 1. The Morgan fingerprint density at radius 3 is 2.76 bits per heavy atom. The van der Waals surface area contributed by atoms with E-state index in [4.69, 9.17) is 0 Å². The van der Waals surface area contributed by atoms with Gasteiger partial charge in [-0.15, -0.1) is 0 Å². The molecule has 1 aliphatic heterocycles. The van der Waals surface area contributed by atoms with Crippen LogP contribution in [-0.4, -0.2) is 38.7 Å². The SMILES string of the molecule is Cc1cc(C(=O)N2CCC(O)(c3ccccc3)[C@@H]3CCCC[C@@H]32)n[nH]1. The molecule has 2 heterocycles. The number of nitrogens with zero attached hydrogens (tertiary/aromatic N) is 2. The van der Waals surface area contributed by atoms with Crippen molar-refractivity contribution in [2.24, 2.45) is 5.92 Å². The minimum atomic E-state index is -0.843. The first-order valence-corrected chi connectivity index (χ1v) is 9.20. The molecule has 2 aliphatic rings. The first-order chi connectivity index (χ1) is 12.1. The van der Waals surface area contributed by atoms with Crippen molar-refractivity contribution in [2.75, 3.05) is 6.54 Å². The number of carbonyl (C=O) groups excluding carboxylic acids is 1. The van der Waals surface area contributed by atoms with Crippen molar-refractivity contribution in [3.05, 3.63) is 53.3 Å². The Bertz CT molecular complexity index is 757. The summed E-state index contributed by atoms with van der Waals surface area (Å²) in [6.45, 7) is 2.47. The third kappa shape index (κ3) is 2.76. The van der Waals surface area contributed by atoms with E-state index >= 15 is 0 Å². The molecule has 1 amide bonds. The highest BCUT2D eigenvalue weighted by atomic mass is 16.3. The van der Waals surface area contributed by atoms with Crippen molar-refractivity contribution in [3.63, 3.8) is 0 Å². The highest BCUT2D eigenvalue weighted by Gasteiger charge is 2.50. The standard InChI is InChI=1S/C20H25N3O2/c1-14-13-17(22-21-14)19(24)23-12-11-20(25,15-7-3-2-4-8-15)16-9-5-6-10-18(16)23/h2-4,7-8,13,16,18,25H,5-6,9-12H2,1H3,(H,21,22)/t16-,18+,20?/m1/s1. The molecule has 5 heteroatoms. The van der Waals surface area contributed by atoms with Crippen molar-refractivity contribution in [1.82, 2.24) is 15.1 Å². The second kappa shape index (κ2) is 6.30. The van der Waals surface area contributed by atoms with Gasteiger partial charge in [-0.3, -0.25) is 9.89 Å². The first kappa shape index (κ1) is 16.3. The number of rotatable bonds is 2. The lowest BCUT2D eigenvalue weighted by atomic mass is 9.66. The molecule has 1 unspecified atom stereocenters. The molecular formula is C20H25N3O2. The van der Waals surface area contributed by atoms with Gasteiger partial charge in [0.15, 0.2) is 0 Å². The number of aromatic nitrogens is 2. The lowest BCUT2D eigenvalue weighted by Gasteiger charge is -2.52. The molecule has 25 heavy (non-hydrogen) atoms. The Kier molecular flexibility index (Phi) is 4.12. The normalized spacial score (nSPS) is 29.3. The minimum absolute atomic E-state index is 0.0173. The maximum absolute atomic E-state index is 13.0. The van der Waals surface area contributed by atoms with Crippen molar-refractivity contribution in [1.29, 1.82) is 0 Å². The highest BCUT2D eigenvalue weighted by molar-refractivity contribution is 5.92. The predicted molar refractivity (Wildman–Crippen MR) is 95.1 cm³/mol. The second-order valence-corrected chi connectivity index (χ2v) is 7.43. The third-order valence-electron chi connectivity index (χ3n) is 5.94. The largest absolute Gasteiger partial charge is 0.385 e. The molecular weight excluding hydrogens is 314 g/mol. The number of hydrogen-bond acceptors (Lipinski definition) is 3. The van der Waals surface area contributed by atoms with E-state index < -0.39 is 5.60 Å². The van der Waals surface area contributed by atoms with Crippen LogP contribution in [0.5, 0.6) is 0 Å². The van der Waals surface area contributed by atoms with E-state index in [1.807, 2.05) is 42.2 Å². The van der Waals surface area contributed by atoms with Gasteiger partial charge in [0.25, 0.3) is 5.91 Å². The molecule has 0 radical (unpaired) electrons. The summed E-state index contributed by atoms with van der Waals surface area (Å²) in [6, 6.07) is 11.9. The Hall–Kier alpha value is -2.14. The van der Waals surface area contributed by atoms with Gasteiger partial charge in [-0.05, 0) is 37.8 Å². The van der Waals surface area contributed by atoms with Gasteiger partial charge in [0.1, 0.15) is 5.69 Å². The fourth-order valence-electron chi connectivity index (χ4n) is 4.70. The van der Waals surface area contributed by atoms with Gasteiger partial charge in [0.2, 0.25) is 0 Å². The number of nitrogens with one attached hydrogen (secondary N) is 1. The second-order valence-electron chi connectivity index (χ2n) is 7.43. The topological polar surface area (TPSA) is 69.2 Å². The number of aliphatic hydroxyl groups is 1. The van der Waals surface area contributed by atoms with Crippen molar-refractivity contribution in [2.45, 2.75) is 50.7 Å². The van der Waals surface area contributed by atoms with Gasteiger partial charge in [0.05, 0.1) is 5.60 Å². The van der Waals surface area contributed by atoms with E-state index in [2.05, 4.69) is 10.2 Å². The number of likely N-dealkylation sites (tertiary alicyclic amines) is 1. The maximum atomic E-state index is 13.0. The molecule has 1 aromatic heterocycles. The van der Waals surface area contributed by atoms with Gasteiger partial charge in [-0.1, -0.05) is 43.2 Å². The number of aryl methyl sites for hydroxylation is 1. The van der Waals surface area contributed by atoms with Crippen LogP contribution in [0.15, 0.2) is 36.4 Å². The molecule has 1 aromatic carbocycles. The smallest absolute Gasteiger partial charge is 0.274 e. The quantitative estimate of drug-likeness (QED) is 0.884. The molecule has 1 saturated heterocycles. The number of aromatic amines is 1. The number of H-pyrrole nitrogens is 1. The molecule has 5 nitrogen and oxygen atoms in total. The van der Waals surface area contributed by atoms with Crippen LogP contribution >= 0.6 is 0 Å². The summed E-state index contributed by atoms with van der Waals surface area (Å²) in [7, 11) is 0. The zero-order valence-electron chi connectivity index (χ0n) is 14.6. The van der Waals surface area contributed by atoms with E-state index in [0.717, 1.165) is 36.9 Å². The molecule has 1 aliphatic carbocycles. The summed E-state index contributed by atoms with van der Waals surface area (Å²) in [5.41, 5.74) is 1.51. The molecule has 2 fully saturated rings. The molecule has 2 N–H and O–H groups in total. The van der Waals surface area contributed by atoms with Crippen LogP contribution in [0.3, 0.4) is 0 Å². The van der Waals surface area contributed by atoms with E-state index in [9.17, 15) is 9.90 Å². The zero-order chi connectivity index (χ0) is 17.4. The van der Waals surface area contributed by atoms with Gasteiger partial charge in [0, 0.05) is 24.2 Å². The first-order valence-electron chi connectivity index (χ1n) is 9.20. The lowest BCUT2D eigenvalue weighted by Crippen LogP contribution is -2.59. The molecule has 0 bridgehead atoms. The Morgan fingerprint density at radius 1 is 1.28 bits per heavy atom. The summed E-state index contributed by atoms with van der Waals surface area (Å²) < 4.78 is 0. The number of hydrogen-bond donors (Lipinski definition) is 2. The van der Waals surface area contributed by atoms with E-state index in [0.29, 0.717) is 18.7 Å². The van der Waals surface area contributed by atoms with Gasteiger partial charge < -0.3 is 10.0 Å². The molecule has 4 rings (SSSR count). The molecule has 132 valence electrons. The fraction of sp³-hybridized carbons (Fsp3) is 0.500. The van der Waals surface area contributed by atoms with Crippen LogP contribution < -0.4 is 0 Å². The number of benzene rings is 1. The van der Waals surface area contributed by atoms with Crippen LogP contribution in [0.4, 0.5) is 0 Å². The summed E-state index contributed by atoms with van der Waals surface area (Å²) in [5.74, 6) is 0.0674. The van der Waals surface area contributed by atoms with Crippen LogP contribution in [0.2, 0.25) is 0 Å². The van der Waals surface area contributed by atoms with Crippen LogP contribution in [0.1, 0.15) is 53.8 Å². The minimum Gasteiger partial charge on any atom is -0.385 e.